The third-order valence-electron chi connectivity index (χ3n) is 7.36. The molecule has 0 aromatic heterocycles. The molecule has 1 aromatic rings. The lowest BCUT2D eigenvalue weighted by molar-refractivity contribution is -0.151. The van der Waals surface area contributed by atoms with Crippen molar-refractivity contribution < 1.29 is 23.9 Å². The van der Waals surface area contributed by atoms with Crippen molar-refractivity contribution in [3.63, 3.8) is 0 Å². The molecule has 5 rings (SSSR count). The molecule has 162 valence electrons. The first-order chi connectivity index (χ1) is 14.3. The number of nitrogens with one attached hydrogen (secondary N) is 1. The molecule has 6 heteroatoms. The molecule has 4 bridgehead atoms. The fourth-order valence-electron chi connectivity index (χ4n) is 6.26. The number of rotatable bonds is 8. The first-order valence-electron chi connectivity index (χ1n) is 11.0. The summed E-state index contributed by atoms with van der Waals surface area (Å²) in [6, 6.07) is 6.64. The highest BCUT2D eigenvalue weighted by molar-refractivity contribution is 5.94. The molecule has 6 nitrogen and oxygen atoms in total. The second-order valence-electron chi connectivity index (χ2n) is 9.60. The molecule has 4 aliphatic rings. The van der Waals surface area contributed by atoms with E-state index in [-0.39, 0.29) is 36.4 Å². The van der Waals surface area contributed by atoms with Gasteiger partial charge in [0, 0.05) is 11.6 Å². The average Bonchev–Trinajstić information content (AvgIpc) is 2.70. The lowest BCUT2D eigenvalue weighted by Crippen LogP contribution is -2.56. The third kappa shape index (κ3) is 4.52. The zero-order valence-electron chi connectivity index (χ0n) is 17.8. The van der Waals surface area contributed by atoms with E-state index in [0.717, 1.165) is 17.8 Å². The SMILES string of the molecule is CC(=O)c1ccc(OCC(=O)OCC(=O)N[C@H](C)C23CC4CC(CC(C4)C2)C3)cc1. The van der Waals surface area contributed by atoms with Gasteiger partial charge in [0.15, 0.2) is 19.0 Å². The van der Waals surface area contributed by atoms with Crippen molar-refractivity contribution in [2.45, 2.75) is 58.4 Å². The predicted octanol–water partition coefficient (Wildman–Crippen LogP) is 3.53. The van der Waals surface area contributed by atoms with E-state index in [1.807, 2.05) is 0 Å². The summed E-state index contributed by atoms with van der Waals surface area (Å²) in [5.41, 5.74) is 0.804. The van der Waals surface area contributed by atoms with Crippen LogP contribution in [0.5, 0.6) is 5.75 Å². The Bertz CT molecular complexity index is 780. The smallest absolute Gasteiger partial charge is 0.344 e. The maximum absolute atomic E-state index is 12.4. The van der Waals surface area contributed by atoms with Crippen LogP contribution in [0.15, 0.2) is 24.3 Å². The molecule has 30 heavy (non-hydrogen) atoms. The quantitative estimate of drug-likeness (QED) is 0.521. The lowest BCUT2D eigenvalue weighted by Gasteiger charge is -2.59. The summed E-state index contributed by atoms with van der Waals surface area (Å²) in [5.74, 6) is 2.08. The Morgan fingerprint density at radius 3 is 2.10 bits per heavy atom. The summed E-state index contributed by atoms with van der Waals surface area (Å²) >= 11 is 0. The number of carbonyl (C=O) groups excluding carboxylic acids is 3. The number of carbonyl (C=O) groups is 3. The van der Waals surface area contributed by atoms with E-state index in [1.54, 1.807) is 24.3 Å². The Labute approximate surface area is 177 Å². The zero-order chi connectivity index (χ0) is 21.3. The molecule has 1 amide bonds. The average molecular weight is 414 g/mol. The molecule has 1 N–H and O–H groups in total. The molecule has 0 radical (unpaired) electrons. The van der Waals surface area contributed by atoms with Gasteiger partial charge in [-0.2, -0.15) is 0 Å². The van der Waals surface area contributed by atoms with Crippen LogP contribution in [0.25, 0.3) is 0 Å². The molecular weight excluding hydrogens is 382 g/mol. The van der Waals surface area contributed by atoms with E-state index >= 15 is 0 Å². The van der Waals surface area contributed by atoms with Gasteiger partial charge < -0.3 is 14.8 Å². The summed E-state index contributed by atoms with van der Waals surface area (Å²) < 4.78 is 10.4. The Kier molecular flexibility index (Phi) is 5.85. The summed E-state index contributed by atoms with van der Waals surface area (Å²) in [6.45, 7) is 3.03. The van der Waals surface area contributed by atoms with Crippen LogP contribution in [0, 0.1) is 23.2 Å². The van der Waals surface area contributed by atoms with Crippen molar-refractivity contribution in [3.8, 4) is 5.75 Å². The molecule has 4 fully saturated rings. The maximum atomic E-state index is 12.4. The van der Waals surface area contributed by atoms with Crippen molar-refractivity contribution in [2.24, 2.45) is 23.2 Å². The molecule has 0 unspecified atom stereocenters. The molecule has 0 spiro atoms. The number of benzene rings is 1. The molecule has 4 aliphatic carbocycles. The second-order valence-corrected chi connectivity index (χ2v) is 9.60. The molecule has 1 aromatic carbocycles. The van der Waals surface area contributed by atoms with Gasteiger partial charge in [0.25, 0.3) is 5.91 Å². The minimum atomic E-state index is -0.594. The normalized spacial score (nSPS) is 29.9. The Morgan fingerprint density at radius 1 is 1.00 bits per heavy atom. The largest absolute Gasteiger partial charge is 0.482 e. The van der Waals surface area contributed by atoms with E-state index in [4.69, 9.17) is 9.47 Å². The van der Waals surface area contributed by atoms with E-state index < -0.39 is 5.97 Å². The van der Waals surface area contributed by atoms with Gasteiger partial charge in [-0.3, -0.25) is 9.59 Å². The second kappa shape index (κ2) is 8.40. The number of ketones is 1. The number of hydrogen-bond acceptors (Lipinski definition) is 5. The standard InChI is InChI=1S/C24H31NO5/c1-15(26)20-3-5-21(6-4-20)29-14-23(28)30-13-22(27)25-16(2)24-10-17-7-18(11-24)9-19(8-17)12-24/h3-6,16-19H,7-14H2,1-2H3,(H,25,27)/t16-,17?,18?,19?,24?/m1/s1. The van der Waals surface area contributed by atoms with Crippen LogP contribution in [0.4, 0.5) is 0 Å². The van der Waals surface area contributed by atoms with Crippen molar-refractivity contribution in [3.05, 3.63) is 29.8 Å². The van der Waals surface area contributed by atoms with Gasteiger partial charge in [-0.25, -0.2) is 4.79 Å². The van der Waals surface area contributed by atoms with Gasteiger partial charge in [-0.15, -0.1) is 0 Å². The lowest BCUT2D eigenvalue weighted by atomic mass is 9.48. The van der Waals surface area contributed by atoms with Crippen LogP contribution in [0.1, 0.15) is 62.7 Å². The number of ether oxygens (including phenoxy) is 2. The first kappa shape index (κ1) is 20.9. The van der Waals surface area contributed by atoms with Crippen molar-refractivity contribution in [2.75, 3.05) is 13.2 Å². The van der Waals surface area contributed by atoms with Gasteiger partial charge >= 0.3 is 5.97 Å². The highest BCUT2D eigenvalue weighted by Gasteiger charge is 2.53. The van der Waals surface area contributed by atoms with E-state index in [1.165, 1.54) is 45.4 Å². The summed E-state index contributed by atoms with van der Waals surface area (Å²) in [7, 11) is 0. The summed E-state index contributed by atoms with van der Waals surface area (Å²) in [5, 5.41) is 3.09. The molecule has 0 saturated heterocycles. The predicted molar refractivity (Wildman–Crippen MR) is 111 cm³/mol. The minimum Gasteiger partial charge on any atom is -0.482 e. The molecule has 4 saturated carbocycles. The number of hydrogen-bond donors (Lipinski definition) is 1. The molecular formula is C24H31NO5. The van der Waals surface area contributed by atoms with Crippen molar-refractivity contribution in [1.29, 1.82) is 0 Å². The molecule has 0 aliphatic heterocycles. The fourth-order valence-corrected chi connectivity index (χ4v) is 6.26. The van der Waals surface area contributed by atoms with Gasteiger partial charge in [-0.05, 0) is 99.8 Å². The topological polar surface area (TPSA) is 81.7 Å². The first-order valence-corrected chi connectivity index (χ1v) is 11.0. The van der Waals surface area contributed by atoms with Crippen LogP contribution in [-0.2, 0) is 14.3 Å². The van der Waals surface area contributed by atoms with Gasteiger partial charge in [0.2, 0.25) is 0 Å². The third-order valence-corrected chi connectivity index (χ3v) is 7.36. The Balaban J connectivity index is 1.20. The highest BCUT2D eigenvalue weighted by atomic mass is 16.6. The van der Waals surface area contributed by atoms with Crippen LogP contribution in [-0.4, -0.2) is 36.9 Å². The van der Waals surface area contributed by atoms with Crippen molar-refractivity contribution in [1.82, 2.24) is 5.32 Å². The number of Topliss-reactive ketones (excluding diaryl/α,β-unsaturated/α-hetero) is 1. The van der Waals surface area contributed by atoms with Crippen LogP contribution >= 0.6 is 0 Å². The van der Waals surface area contributed by atoms with Gasteiger partial charge in [0.05, 0.1) is 0 Å². The van der Waals surface area contributed by atoms with Crippen LogP contribution in [0.2, 0.25) is 0 Å². The maximum Gasteiger partial charge on any atom is 0.344 e. The van der Waals surface area contributed by atoms with E-state index in [9.17, 15) is 14.4 Å². The fraction of sp³-hybridized carbons (Fsp3) is 0.625. The summed E-state index contributed by atoms with van der Waals surface area (Å²) in [6.07, 6.45) is 7.77. The van der Waals surface area contributed by atoms with Crippen molar-refractivity contribution >= 4 is 17.7 Å². The van der Waals surface area contributed by atoms with Crippen LogP contribution in [0.3, 0.4) is 0 Å². The van der Waals surface area contributed by atoms with E-state index in [0.29, 0.717) is 11.3 Å². The van der Waals surface area contributed by atoms with Gasteiger partial charge in [0.1, 0.15) is 5.75 Å². The summed E-state index contributed by atoms with van der Waals surface area (Å²) in [4.78, 5) is 35.6. The minimum absolute atomic E-state index is 0.0326. The molecule has 1 atom stereocenters. The van der Waals surface area contributed by atoms with E-state index in [2.05, 4.69) is 12.2 Å². The van der Waals surface area contributed by atoms with Gasteiger partial charge in [-0.1, -0.05) is 0 Å². The Hall–Kier alpha value is -2.37. The zero-order valence-corrected chi connectivity index (χ0v) is 17.8. The number of esters is 1. The van der Waals surface area contributed by atoms with Crippen LogP contribution < -0.4 is 10.1 Å². The highest BCUT2D eigenvalue weighted by Crippen LogP contribution is 2.61. The number of amides is 1. The molecule has 0 heterocycles. The Morgan fingerprint density at radius 2 is 1.57 bits per heavy atom. The monoisotopic (exact) mass is 413 g/mol.